The van der Waals surface area contributed by atoms with E-state index in [0.717, 1.165) is 28.5 Å². The molecule has 1 atom stereocenters. The van der Waals surface area contributed by atoms with Crippen LogP contribution < -0.4 is 10.6 Å². The molecule has 0 aliphatic carbocycles. The van der Waals surface area contributed by atoms with Gasteiger partial charge in [0.05, 0.1) is 24.6 Å². The SMILES string of the molecule is C=CC(=O)O.CC(C)c1cnn2c(NCc3ccc(-c4ccccn4)cc3)nc(NC[C@H](O)CO)nc12.O=C=O. The van der Waals surface area contributed by atoms with Crippen molar-refractivity contribution in [3.8, 4) is 11.3 Å². The summed E-state index contributed by atoms with van der Waals surface area (Å²) < 4.78 is 1.69. The lowest BCUT2D eigenvalue weighted by molar-refractivity contribution is -0.191. The van der Waals surface area contributed by atoms with Gasteiger partial charge in [-0.15, -0.1) is 0 Å². The highest BCUT2D eigenvalue weighted by atomic mass is 16.4. The predicted molar refractivity (Wildman–Crippen MR) is 146 cm³/mol. The van der Waals surface area contributed by atoms with Gasteiger partial charge in [-0.25, -0.2) is 4.79 Å². The van der Waals surface area contributed by atoms with Crippen molar-refractivity contribution in [1.29, 1.82) is 0 Å². The highest BCUT2D eigenvalue weighted by molar-refractivity contribution is 5.78. The molecule has 0 radical (unpaired) electrons. The van der Waals surface area contributed by atoms with E-state index in [-0.39, 0.29) is 25.2 Å². The van der Waals surface area contributed by atoms with E-state index in [9.17, 15) is 9.90 Å². The number of nitrogens with one attached hydrogen (secondary N) is 2. The predicted octanol–water partition coefficient (Wildman–Crippen LogP) is 2.36. The first-order chi connectivity index (χ1) is 19.2. The summed E-state index contributed by atoms with van der Waals surface area (Å²) in [4.78, 5) is 39.0. The van der Waals surface area contributed by atoms with Crippen LogP contribution in [0.15, 0.2) is 67.5 Å². The smallest absolute Gasteiger partial charge is 0.373 e. The Labute approximate surface area is 230 Å². The minimum absolute atomic E-state index is 0.145. The van der Waals surface area contributed by atoms with Crippen LogP contribution in [0.25, 0.3) is 16.9 Å². The highest BCUT2D eigenvalue weighted by Crippen LogP contribution is 2.23. The average Bonchev–Trinajstić information content (AvgIpc) is 3.40. The Morgan fingerprint density at radius 1 is 1.12 bits per heavy atom. The molecule has 0 saturated heterocycles. The molecule has 0 aliphatic heterocycles. The first-order valence-corrected chi connectivity index (χ1v) is 12.1. The van der Waals surface area contributed by atoms with E-state index in [1.165, 1.54) is 0 Å². The minimum Gasteiger partial charge on any atom is -0.478 e. The number of carbonyl (C=O) groups excluding carboxylic acids is 2. The van der Waals surface area contributed by atoms with E-state index in [1.807, 2.05) is 30.3 Å². The molecule has 0 unspecified atom stereocenters. The molecule has 40 heavy (non-hydrogen) atoms. The first-order valence-electron chi connectivity index (χ1n) is 12.1. The molecule has 3 aromatic heterocycles. The van der Waals surface area contributed by atoms with Crippen molar-refractivity contribution in [3.63, 3.8) is 0 Å². The first kappa shape index (κ1) is 31.2. The Morgan fingerprint density at radius 3 is 2.35 bits per heavy atom. The second kappa shape index (κ2) is 16.1. The molecule has 3 heterocycles. The molecule has 0 spiro atoms. The Balaban J connectivity index is 0.000000621. The number of nitrogens with zero attached hydrogens (tertiary/aromatic N) is 5. The molecular formula is C27H31N7O6. The van der Waals surface area contributed by atoms with Crippen LogP contribution in [0.2, 0.25) is 0 Å². The van der Waals surface area contributed by atoms with Crippen molar-refractivity contribution in [2.45, 2.75) is 32.4 Å². The molecule has 5 N–H and O–H groups in total. The summed E-state index contributed by atoms with van der Waals surface area (Å²) in [6.45, 7) is 7.48. The number of carbonyl (C=O) groups is 1. The van der Waals surface area contributed by atoms with Gasteiger partial charge in [0.1, 0.15) is 0 Å². The van der Waals surface area contributed by atoms with Gasteiger partial charge in [-0.05, 0) is 23.6 Å². The number of aromatic nitrogens is 5. The zero-order chi connectivity index (χ0) is 29.5. The van der Waals surface area contributed by atoms with E-state index in [0.29, 0.717) is 24.1 Å². The van der Waals surface area contributed by atoms with Crippen molar-refractivity contribution >= 4 is 29.7 Å². The van der Waals surface area contributed by atoms with Gasteiger partial charge in [-0.3, -0.25) is 4.98 Å². The van der Waals surface area contributed by atoms with E-state index < -0.39 is 12.1 Å². The molecular weight excluding hydrogens is 518 g/mol. The monoisotopic (exact) mass is 549 g/mol. The van der Waals surface area contributed by atoms with Crippen molar-refractivity contribution in [1.82, 2.24) is 24.6 Å². The summed E-state index contributed by atoms with van der Waals surface area (Å²) in [6.07, 6.45) is 3.78. The standard InChI is InChI=1S/C23H27N7O2.C3H4O2.CO2/c1-15(2)19-13-27-30-21(19)28-22(25-12-18(32)14-31)29-23(30)26-11-16-6-8-17(9-7-16)20-5-3-4-10-24-20;1-2-3(4)5;2-1-3/h3-10,13,15,18,31-32H,11-12,14H2,1-2H3,(H2,25,26,28,29);2H,1H2,(H,4,5);/t18-;;/m0../s1. The van der Waals surface area contributed by atoms with Gasteiger partial charge in [-0.1, -0.05) is 50.8 Å². The summed E-state index contributed by atoms with van der Waals surface area (Å²) in [5.41, 5.74) is 4.77. The number of aliphatic carboxylic acids is 1. The highest BCUT2D eigenvalue weighted by Gasteiger charge is 2.15. The summed E-state index contributed by atoms with van der Waals surface area (Å²) in [6, 6.07) is 14.0. The minimum atomic E-state index is -0.981. The third-order valence-electron chi connectivity index (χ3n) is 5.26. The number of aliphatic hydroxyl groups is 2. The number of carboxylic acids is 1. The normalized spacial score (nSPS) is 10.8. The largest absolute Gasteiger partial charge is 0.478 e. The Morgan fingerprint density at radius 2 is 1.80 bits per heavy atom. The molecule has 1 aromatic carbocycles. The van der Waals surface area contributed by atoms with Crippen LogP contribution >= 0.6 is 0 Å². The van der Waals surface area contributed by atoms with E-state index in [1.54, 1.807) is 16.9 Å². The van der Waals surface area contributed by atoms with Gasteiger partial charge in [0.25, 0.3) is 0 Å². The van der Waals surface area contributed by atoms with Gasteiger partial charge in [-0.2, -0.15) is 29.2 Å². The molecule has 210 valence electrons. The third kappa shape index (κ3) is 9.40. The number of rotatable bonds is 10. The maximum Gasteiger partial charge on any atom is 0.373 e. The summed E-state index contributed by atoms with van der Waals surface area (Å²) in [5.74, 6) is 0.160. The van der Waals surface area contributed by atoms with Gasteiger partial charge in [0.2, 0.25) is 11.9 Å². The molecule has 0 aliphatic rings. The number of carboxylic acid groups (broad SMARTS) is 1. The van der Waals surface area contributed by atoms with Crippen LogP contribution in [0.5, 0.6) is 0 Å². The van der Waals surface area contributed by atoms with Crippen LogP contribution in [0.1, 0.15) is 30.9 Å². The van der Waals surface area contributed by atoms with Crippen LogP contribution in [0.3, 0.4) is 0 Å². The zero-order valence-electron chi connectivity index (χ0n) is 22.1. The van der Waals surface area contributed by atoms with Crippen molar-refractivity contribution < 1.29 is 29.7 Å². The topological polar surface area (TPSA) is 192 Å². The zero-order valence-corrected chi connectivity index (χ0v) is 22.1. The Kier molecular flexibility index (Phi) is 12.6. The van der Waals surface area contributed by atoms with Crippen molar-refractivity contribution in [2.24, 2.45) is 0 Å². The van der Waals surface area contributed by atoms with E-state index >= 15 is 0 Å². The fourth-order valence-electron chi connectivity index (χ4n) is 3.28. The van der Waals surface area contributed by atoms with Gasteiger partial charge in [0, 0.05) is 36.5 Å². The maximum atomic E-state index is 9.66. The van der Waals surface area contributed by atoms with Crippen LogP contribution in [-0.2, 0) is 20.9 Å². The van der Waals surface area contributed by atoms with Gasteiger partial charge < -0.3 is 26.0 Å². The summed E-state index contributed by atoms with van der Waals surface area (Å²) in [5, 5.41) is 37.1. The van der Waals surface area contributed by atoms with Gasteiger partial charge >= 0.3 is 12.1 Å². The van der Waals surface area contributed by atoms with Crippen LogP contribution in [0.4, 0.5) is 11.9 Å². The molecule has 4 aromatic rings. The maximum absolute atomic E-state index is 9.66. The van der Waals surface area contributed by atoms with Crippen molar-refractivity contribution in [3.05, 3.63) is 78.6 Å². The number of benzene rings is 1. The second-order valence-corrected chi connectivity index (χ2v) is 8.47. The number of fused-ring (bicyclic) bond motifs is 1. The number of hydrogen-bond donors (Lipinski definition) is 5. The lowest BCUT2D eigenvalue weighted by atomic mass is 10.1. The lowest BCUT2D eigenvalue weighted by Crippen LogP contribution is -2.24. The Bertz CT molecular complexity index is 1400. The van der Waals surface area contributed by atoms with Crippen molar-refractivity contribution in [2.75, 3.05) is 23.8 Å². The number of anilines is 2. The molecule has 4 rings (SSSR count). The number of pyridine rings is 1. The molecule has 13 heteroatoms. The van der Waals surface area contributed by atoms with Crippen LogP contribution in [-0.4, -0.2) is 71.3 Å². The molecule has 13 nitrogen and oxygen atoms in total. The quantitative estimate of drug-likeness (QED) is 0.182. The van der Waals surface area contributed by atoms with Gasteiger partial charge in [0.15, 0.2) is 5.65 Å². The van der Waals surface area contributed by atoms with E-state index in [2.05, 4.69) is 63.2 Å². The molecule has 0 amide bonds. The van der Waals surface area contributed by atoms with E-state index in [4.69, 9.17) is 19.8 Å². The third-order valence-corrected chi connectivity index (χ3v) is 5.26. The average molecular weight is 550 g/mol. The number of aliphatic hydroxyl groups excluding tert-OH is 2. The summed E-state index contributed by atoms with van der Waals surface area (Å²) in [7, 11) is 0. The van der Waals surface area contributed by atoms with Crippen LogP contribution in [0, 0.1) is 0 Å². The molecule has 0 bridgehead atoms. The Hall–Kier alpha value is -4.97. The second-order valence-electron chi connectivity index (χ2n) is 8.47. The molecule has 0 saturated carbocycles. The molecule has 0 fully saturated rings. The summed E-state index contributed by atoms with van der Waals surface area (Å²) >= 11 is 0. The fraction of sp³-hybridized carbons (Fsp3) is 0.259. The number of hydrogen-bond acceptors (Lipinski definition) is 11. The lowest BCUT2D eigenvalue weighted by Gasteiger charge is -2.13. The fourth-order valence-corrected chi connectivity index (χ4v) is 3.28.